The zero-order chi connectivity index (χ0) is 20.5. The number of nitrogens with zero attached hydrogens (tertiary/aromatic N) is 2. The molecule has 0 bridgehead atoms. The molecule has 1 aromatic carbocycles. The second-order valence-electron chi connectivity index (χ2n) is 6.43. The maximum Gasteiger partial charge on any atom is 0.279 e. The summed E-state index contributed by atoms with van der Waals surface area (Å²) in [4.78, 5) is 15.9. The number of benzene rings is 1. The number of carbonyl (C=O) groups excluding carboxylic acids is 1. The molecule has 28 heavy (non-hydrogen) atoms. The van der Waals surface area contributed by atoms with Gasteiger partial charge in [0.05, 0.1) is 25.1 Å². The molecule has 2 N–H and O–H groups in total. The predicted octanol–water partition coefficient (Wildman–Crippen LogP) is 3.65. The van der Waals surface area contributed by atoms with Crippen LogP contribution in [0.15, 0.2) is 29.6 Å². The lowest BCUT2D eigenvalue weighted by atomic mass is 10.2. The Bertz CT molecular complexity index is 896. The third-order valence-electron chi connectivity index (χ3n) is 3.27. The summed E-state index contributed by atoms with van der Waals surface area (Å²) < 4.78 is 11.5. The van der Waals surface area contributed by atoms with Gasteiger partial charge in [-0.1, -0.05) is 42.2 Å². The van der Waals surface area contributed by atoms with Crippen LogP contribution in [0.1, 0.15) is 38.1 Å². The van der Waals surface area contributed by atoms with E-state index in [1.165, 1.54) is 24.5 Å². The summed E-state index contributed by atoms with van der Waals surface area (Å²) in [7, 11) is 0. The number of rotatable bonds is 7. The summed E-state index contributed by atoms with van der Waals surface area (Å²) in [5, 5.41) is 15.1. The van der Waals surface area contributed by atoms with E-state index in [2.05, 4.69) is 41.1 Å². The van der Waals surface area contributed by atoms with E-state index in [1.807, 2.05) is 0 Å². The molecule has 7 nitrogen and oxygen atoms in total. The van der Waals surface area contributed by atoms with Crippen molar-refractivity contribution in [3.8, 4) is 28.5 Å². The van der Waals surface area contributed by atoms with Crippen molar-refractivity contribution in [2.24, 2.45) is 11.1 Å². The van der Waals surface area contributed by atoms with Crippen molar-refractivity contribution in [1.82, 2.24) is 10.3 Å². The standard InChI is InChI=1S/C20H23N3O4S/c1-13(2)12-26-17-6-8-19(16(9-17)10-22-25)27-20-21-11-18(28-20)7-5-14(3)23-15(4)24/h6,8-11,13-14,25H,12H2,1-4H3,(H,23,24)/b22-10-. The fraction of sp³-hybridized carbons (Fsp3) is 0.350. The maximum absolute atomic E-state index is 11.0. The van der Waals surface area contributed by atoms with Crippen molar-refractivity contribution >= 4 is 23.5 Å². The lowest BCUT2D eigenvalue weighted by Crippen LogP contribution is -2.28. The van der Waals surface area contributed by atoms with Gasteiger partial charge >= 0.3 is 0 Å². The topological polar surface area (TPSA) is 93.0 Å². The normalized spacial score (nSPS) is 11.8. The minimum absolute atomic E-state index is 0.131. The first-order valence-corrected chi connectivity index (χ1v) is 9.55. The third-order valence-corrected chi connectivity index (χ3v) is 4.07. The molecule has 1 atom stereocenters. The van der Waals surface area contributed by atoms with Crippen LogP contribution in [0, 0.1) is 17.8 Å². The van der Waals surface area contributed by atoms with Gasteiger partial charge in [0.2, 0.25) is 5.91 Å². The average Bonchev–Trinajstić information content (AvgIpc) is 3.07. The number of hydrogen-bond acceptors (Lipinski definition) is 7. The molecule has 148 valence electrons. The molecule has 2 aromatic rings. The predicted molar refractivity (Wildman–Crippen MR) is 109 cm³/mol. The second kappa shape index (κ2) is 10.3. The summed E-state index contributed by atoms with van der Waals surface area (Å²) in [5.74, 6) is 7.30. The molecule has 8 heteroatoms. The molecule has 0 fully saturated rings. The molecule has 0 saturated heterocycles. The van der Waals surface area contributed by atoms with Gasteiger partial charge in [-0.25, -0.2) is 4.98 Å². The Balaban J connectivity index is 2.12. The van der Waals surface area contributed by atoms with E-state index in [0.717, 1.165) is 0 Å². The summed E-state index contributed by atoms with van der Waals surface area (Å²) in [6.45, 7) is 7.96. The number of oxime groups is 1. The van der Waals surface area contributed by atoms with Crippen LogP contribution in [0.2, 0.25) is 0 Å². The van der Waals surface area contributed by atoms with Gasteiger partial charge in [-0.05, 0) is 31.0 Å². The molecule has 0 radical (unpaired) electrons. The van der Waals surface area contributed by atoms with E-state index in [0.29, 0.717) is 39.7 Å². The van der Waals surface area contributed by atoms with Crippen molar-refractivity contribution in [2.75, 3.05) is 6.61 Å². The average molecular weight is 401 g/mol. The fourth-order valence-corrected chi connectivity index (χ4v) is 2.75. The van der Waals surface area contributed by atoms with Crippen LogP contribution in [0.5, 0.6) is 16.7 Å². The summed E-state index contributed by atoms with van der Waals surface area (Å²) in [5.41, 5.74) is 0.561. The van der Waals surface area contributed by atoms with E-state index in [1.54, 1.807) is 31.3 Å². The molecular formula is C20H23N3O4S. The zero-order valence-electron chi connectivity index (χ0n) is 16.2. The molecule has 1 aromatic heterocycles. The molecule has 1 unspecified atom stereocenters. The number of amides is 1. The highest BCUT2D eigenvalue weighted by atomic mass is 32.1. The monoisotopic (exact) mass is 401 g/mol. The smallest absolute Gasteiger partial charge is 0.279 e. The van der Waals surface area contributed by atoms with E-state index in [4.69, 9.17) is 14.7 Å². The van der Waals surface area contributed by atoms with E-state index < -0.39 is 0 Å². The molecular weight excluding hydrogens is 378 g/mol. The van der Waals surface area contributed by atoms with Gasteiger partial charge < -0.3 is 20.0 Å². The molecule has 0 spiro atoms. The van der Waals surface area contributed by atoms with Crippen LogP contribution in [-0.2, 0) is 4.79 Å². The Kier molecular flexibility index (Phi) is 7.84. The Labute approximate surface area is 168 Å². The van der Waals surface area contributed by atoms with Crippen molar-refractivity contribution in [3.05, 3.63) is 34.8 Å². The number of ether oxygens (including phenoxy) is 2. The van der Waals surface area contributed by atoms with E-state index >= 15 is 0 Å². The zero-order valence-corrected chi connectivity index (χ0v) is 17.0. The Hall–Kier alpha value is -3.05. The highest BCUT2D eigenvalue weighted by Crippen LogP contribution is 2.30. The first kappa shape index (κ1) is 21.3. The van der Waals surface area contributed by atoms with Crippen LogP contribution >= 0.6 is 11.3 Å². The van der Waals surface area contributed by atoms with Crippen LogP contribution in [0.4, 0.5) is 0 Å². The van der Waals surface area contributed by atoms with E-state index in [9.17, 15) is 4.79 Å². The van der Waals surface area contributed by atoms with Gasteiger partial charge in [0, 0.05) is 12.5 Å². The molecule has 2 rings (SSSR count). The molecule has 1 heterocycles. The van der Waals surface area contributed by atoms with Crippen LogP contribution in [0.25, 0.3) is 0 Å². The van der Waals surface area contributed by atoms with Gasteiger partial charge in [-0.3, -0.25) is 4.79 Å². The third kappa shape index (κ3) is 6.93. The van der Waals surface area contributed by atoms with Crippen LogP contribution in [-0.4, -0.2) is 35.0 Å². The highest BCUT2D eigenvalue weighted by molar-refractivity contribution is 7.13. The second-order valence-corrected chi connectivity index (χ2v) is 7.43. The number of nitrogens with one attached hydrogen (secondary N) is 1. The Morgan fingerprint density at radius 3 is 2.89 bits per heavy atom. The molecule has 0 saturated carbocycles. The Morgan fingerprint density at radius 2 is 2.21 bits per heavy atom. The lowest BCUT2D eigenvalue weighted by molar-refractivity contribution is -0.119. The summed E-state index contributed by atoms with van der Waals surface area (Å²) >= 11 is 1.28. The summed E-state index contributed by atoms with van der Waals surface area (Å²) in [6, 6.07) is 5.00. The minimum Gasteiger partial charge on any atom is -0.493 e. The van der Waals surface area contributed by atoms with Gasteiger partial charge in [0.1, 0.15) is 16.4 Å². The van der Waals surface area contributed by atoms with Crippen molar-refractivity contribution in [1.29, 1.82) is 0 Å². The molecule has 1 amide bonds. The van der Waals surface area contributed by atoms with E-state index in [-0.39, 0.29) is 11.9 Å². The Morgan fingerprint density at radius 1 is 1.43 bits per heavy atom. The number of aromatic nitrogens is 1. The van der Waals surface area contributed by atoms with Crippen LogP contribution < -0.4 is 14.8 Å². The first-order valence-electron chi connectivity index (χ1n) is 8.74. The van der Waals surface area contributed by atoms with Gasteiger partial charge in [-0.15, -0.1) is 0 Å². The van der Waals surface area contributed by atoms with Gasteiger partial charge in [-0.2, -0.15) is 0 Å². The first-order chi connectivity index (χ1) is 13.4. The quantitative estimate of drug-likeness (QED) is 0.320. The minimum atomic E-state index is -0.255. The van der Waals surface area contributed by atoms with Crippen molar-refractivity contribution in [2.45, 2.75) is 33.7 Å². The number of hydrogen-bond donors (Lipinski definition) is 2. The summed E-state index contributed by atoms with van der Waals surface area (Å²) in [6.07, 6.45) is 2.88. The van der Waals surface area contributed by atoms with Crippen molar-refractivity contribution < 1.29 is 19.5 Å². The lowest BCUT2D eigenvalue weighted by Gasteiger charge is -2.11. The molecule has 0 aliphatic carbocycles. The fourth-order valence-electron chi connectivity index (χ4n) is 2.11. The van der Waals surface area contributed by atoms with Crippen LogP contribution in [0.3, 0.4) is 0 Å². The maximum atomic E-state index is 11.0. The van der Waals surface area contributed by atoms with Crippen molar-refractivity contribution in [3.63, 3.8) is 0 Å². The van der Waals surface area contributed by atoms with Gasteiger partial charge in [0.15, 0.2) is 0 Å². The largest absolute Gasteiger partial charge is 0.493 e. The number of carbonyl (C=O) groups is 1. The SMILES string of the molecule is CC(=O)NC(C)C#Cc1cnc(Oc2ccc(OCC(C)C)cc2/C=N\O)s1. The molecule has 0 aliphatic rings. The highest BCUT2D eigenvalue weighted by Gasteiger charge is 2.10. The molecule has 0 aliphatic heterocycles. The van der Waals surface area contributed by atoms with Gasteiger partial charge in [0.25, 0.3) is 5.19 Å². The number of thiazole rings is 1.